The van der Waals surface area contributed by atoms with E-state index in [-0.39, 0.29) is 6.10 Å². The second kappa shape index (κ2) is 6.92. The Morgan fingerprint density at radius 3 is 3.00 bits per heavy atom. The predicted octanol–water partition coefficient (Wildman–Crippen LogP) is 3.09. The molecule has 2 atom stereocenters. The highest BCUT2D eigenvalue weighted by Gasteiger charge is 2.19. The van der Waals surface area contributed by atoms with Gasteiger partial charge in [0.2, 0.25) is 0 Å². The average Bonchev–Trinajstić information content (AvgIpc) is 2.45. The van der Waals surface area contributed by atoms with Crippen LogP contribution in [-0.2, 0) is 11.2 Å². The Morgan fingerprint density at radius 1 is 1.42 bits per heavy atom. The van der Waals surface area contributed by atoms with Gasteiger partial charge in [0.1, 0.15) is 12.4 Å². The molecule has 0 radical (unpaired) electrons. The topological polar surface area (TPSA) is 30.5 Å². The molecule has 0 aromatic heterocycles. The number of fused-ring (bicyclic) bond motifs is 1. The van der Waals surface area contributed by atoms with Crippen molar-refractivity contribution in [3.05, 3.63) is 29.3 Å². The third-order valence-corrected chi connectivity index (χ3v) is 3.77. The summed E-state index contributed by atoms with van der Waals surface area (Å²) in [6.07, 6.45) is 3.78. The molecule has 1 N–H and O–H groups in total. The van der Waals surface area contributed by atoms with Gasteiger partial charge < -0.3 is 14.8 Å². The molecule has 0 fully saturated rings. The maximum Gasteiger partial charge on any atom is 0.119 e. The standard InChI is InChI=1S/C16H25NO2/c1-4-17-16-7-5-6-13-10-14(8-9-15(13)16)19-11-12(2)18-3/h8-10,12,16-17H,4-7,11H2,1-3H3. The number of hydrogen-bond acceptors (Lipinski definition) is 3. The van der Waals surface area contributed by atoms with Gasteiger partial charge in [-0.15, -0.1) is 0 Å². The molecule has 1 aromatic rings. The second-order valence-electron chi connectivity index (χ2n) is 5.22. The van der Waals surface area contributed by atoms with Gasteiger partial charge in [0.15, 0.2) is 0 Å². The number of methoxy groups -OCH3 is 1. The van der Waals surface area contributed by atoms with Crippen molar-refractivity contribution in [2.45, 2.75) is 45.3 Å². The molecule has 2 rings (SSSR count). The molecule has 1 aliphatic carbocycles. The zero-order chi connectivity index (χ0) is 13.7. The largest absolute Gasteiger partial charge is 0.491 e. The fourth-order valence-electron chi connectivity index (χ4n) is 2.62. The van der Waals surface area contributed by atoms with E-state index >= 15 is 0 Å². The zero-order valence-electron chi connectivity index (χ0n) is 12.2. The van der Waals surface area contributed by atoms with Crippen LogP contribution in [-0.4, -0.2) is 26.4 Å². The van der Waals surface area contributed by atoms with E-state index in [0.717, 1.165) is 18.7 Å². The van der Waals surface area contributed by atoms with E-state index in [4.69, 9.17) is 9.47 Å². The van der Waals surface area contributed by atoms with E-state index < -0.39 is 0 Å². The molecule has 0 heterocycles. The van der Waals surface area contributed by atoms with Crippen LogP contribution in [0.25, 0.3) is 0 Å². The Kier molecular flexibility index (Phi) is 5.23. The monoisotopic (exact) mass is 263 g/mol. The molecule has 1 aromatic carbocycles. The first kappa shape index (κ1) is 14.4. The summed E-state index contributed by atoms with van der Waals surface area (Å²) < 4.78 is 11.0. The van der Waals surface area contributed by atoms with Gasteiger partial charge in [0.25, 0.3) is 0 Å². The summed E-state index contributed by atoms with van der Waals surface area (Å²) in [6.45, 7) is 5.80. The third kappa shape index (κ3) is 3.71. The molecule has 3 nitrogen and oxygen atoms in total. The van der Waals surface area contributed by atoms with E-state index in [1.807, 2.05) is 6.92 Å². The maximum absolute atomic E-state index is 5.77. The SMILES string of the molecule is CCNC1CCCc2cc(OCC(C)OC)ccc21. The van der Waals surface area contributed by atoms with Crippen molar-refractivity contribution in [3.8, 4) is 5.75 Å². The third-order valence-electron chi connectivity index (χ3n) is 3.77. The van der Waals surface area contributed by atoms with Crippen LogP contribution in [0, 0.1) is 0 Å². The first-order valence-electron chi connectivity index (χ1n) is 7.26. The van der Waals surface area contributed by atoms with Crippen molar-refractivity contribution in [1.82, 2.24) is 5.32 Å². The molecule has 0 spiro atoms. The number of benzene rings is 1. The number of rotatable bonds is 6. The minimum absolute atomic E-state index is 0.130. The summed E-state index contributed by atoms with van der Waals surface area (Å²) in [7, 11) is 1.71. The van der Waals surface area contributed by atoms with E-state index in [0.29, 0.717) is 12.6 Å². The summed E-state index contributed by atoms with van der Waals surface area (Å²) in [5.41, 5.74) is 2.88. The Hall–Kier alpha value is -1.06. The molecule has 19 heavy (non-hydrogen) atoms. The minimum Gasteiger partial charge on any atom is -0.491 e. The fourth-order valence-corrected chi connectivity index (χ4v) is 2.62. The maximum atomic E-state index is 5.77. The van der Waals surface area contributed by atoms with Crippen molar-refractivity contribution in [3.63, 3.8) is 0 Å². The summed E-state index contributed by atoms with van der Waals surface area (Å²) in [6, 6.07) is 7.01. The molecule has 1 aliphatic rings. The van der Waals surface area contributed by atoms with Crippen LogP contribution in [0.3, 0.4) is 0 Å². The van der Waals surface area contributed by atoms with Gasteiger partial charge in [0.05, 0.1) is 6.10 Å². The summed E-state index contributed by atoms with van der Waals surface area (Å²) >= 11 is 0. The lowest BCUT2D eigenvalue weighted by molar-refractivity contribution is 0.0716. The highest BCUT2D eigenvalue weighted by Crippen LogP contribution is 2.32. The van der Waals surface area contributed by atoms with Crippen LogP contribution in [0.1, 0.15) is 43.9 Å². The predicted molar refractivity (Wildman–Crippen MR) is 77.8 cm³/mol. The smallest absolute Gasteiger partial charge is 0.119 e. The molecular weight excluding hydrogens is 238 g/mol. The van der Waals surface area contributed by atoms with E-state index in [1.165, 1.54) is 24.0 Å². The molecule has 0 saturated carbocycles. The highest BCUT2D eigenvalue weighted by molar-refractivity contribution is 5.39. The Balaban J connectivity index is 2.06. The van der Waals surface area contributed by atoms with E-state index in [1.54, 1.807) is 7.11 Å². The molecule has 0 aliphatic heterocycles. The van der Waals surface area contributed by atoms with Crippen LogP contribution in [0.5, 0.6) is 5.75 Å². The first-order valence-corrected chi connectivity index (χ1v) is 7.26. The number of hydrogen-bond donors (Lipinski definition) is 1. The van der Waals surface area contributed by atoms with Crippen LogP contribution < -0.4 is 10.1 Å². The molecule has 0 bridgehead atoms. The Labute approximate surface area is 116 Å². The zero-order valence-corrected chi connectivity index (χ0v) is 12.2. The lowest BCUT2D eigenvalue weighted by Crippen LogP contribution is -2.25. The van der Waals surface area contributed by atoms with Crippen molar-refractivity contribution >= 4 is 0 Å². The summed E-state index contributed by atoms with van der Waals surface area (Å²) in [5, 5.41) is 3.56. The van der Waals surface area contributed by atoms with Crippen molar-refractivity contribution < 1.29 is 9.47 Å². The van der Waals surface area contributed by atoms with Crippen LogP contribution in [0.4, 0.5) is 0 Å². The summed E-state index contributed by atoms with van der Waals surface area (Å²) in [4.78, 5) is 0. The lowest BCUT2D eigenvalue weighted by Gasteiger charge is -2.26. The Morgan fingerprint density at radius 2 is 2.26 bits per heavy atom. The summed E-state index contributed by atoms with van der Waals surface area (Å²) in [5.74, 6) is 0.958. The van der Waals surface area contributed by atoms with Crippen molar-refractivity contribution in [2.24, 2.45) is 0 Å². The Bertz CT molecular complexity index is 406. The molecule has 106 valence electrons. The van der Waals surface area contributed by atoms with Gasteiger partial charge in [-0.1, -0.05) is 13.0 Å². The van der Waals surface area contributed by atoms with Gasteiger partial charge in [-0.05, 0) is 56.0 Å². The first-order chi connectivity index (χ1) is 9.24. The number of ether oxygens (including phenoxy) is 2. The van der Waals surface area contributed by atoms with Crippen LogP contribution in [0.15, 0.2) is 18.2 Å². The van der Waals surface area contributed by atoms with Gasteiger partial charge in [0, 0.05) is 13.2 Å². The fraction of sp³-hybridized carbons (Fsp3) is 0.625. The average molecular weight is 263 g/mol. The molecule has 2 unspecified atom stereocenters. The van der Waals surface area contributed by atoms with Crippen LogP contribution in [0.2, 0.25) is 0 Å². The van der Waals surface area contributed by atoms with E-state index in [9.17, 15) is 0 Å². The highest BCUT2D eigenvalue weighted by atomic mass is 16.5. The molecule has 0 amide bonds. The quantitative estimate of drug-likeness (QED) is 0.855. The minimum atomic E-state index is 0.130. The molecule has 3 heteroatoms. The normalized spacial score (nSPS) is 19.8. The van der Waals surface area contributed by atoms with Gasteiger partial charge in [-0.2, -0.15) is 0 Å². The van der Waals surface area contributed by atoms with Crippen LogP contribution >= 0.6 is 0 Å². The number of nitrogens with one attached hydrogen (secondary N) is 1. The van der Waals surface area contributed by atoms with Crippen molar-refractivity contribution in [2.75, 3.05) is 20.3 Å². The van der Waals surface area contributed by atoms with Gasteiger partial charge >= 0.3 is 0 Å². The molecular formula is C16H25NO2. The van der Waals surface area contributed by atoms with Gasteiger partial charge in [-0.3, -0.25) is 0 Å². The van der Waals surface area contributed by atoms with Crippen molar-refractivity contribution in [1.29, 1.82) is 0 Å². The molecule has 0 saturated heterocycles. The number of aryl methyl sites for hydroxylation is 1. The van der Waals surface area contributed by atoms with E-state index in [2.05, 4.69) is 30.4 Å². The van der Waals surface area contributed by atoms with Gasteiger partial charge in [-0.25, -0.2) is 0 Å². The lowest BCUT2D eigenvalue weighted by atomic mass is 9.87. The second-order valence-corrected chi connectivity index (χ2v) is 5.22.